The zero-order valence-corrected chi connectivity index (χ0v) is 63.1. The van der Waals surface area contributed by atoms with Crippen molar-refractivity contribution in [2.45, 2.75) is 366 Å². The van der Waals surface area contributed by atoms with Crippen LogP contribution in [0.1, 0.15) is 366 Å². The maximum Gasteiger partial charge on any atom is 0.309 e. The summed E-state index contributed by atoms with van der Waals surface area (Å²) in [4.78, 5) is 44.8. The molecule has 0 aliphatic heterocycles. The van der Waals surface area contributed by atoms with Gasteiger partial charge in [-0.05, 0) is 199 Å². The van der Waals surface area contributed by atoms with Gasteiger partial charge in [-0.1, -0.05) is 282 Å². The van der Waals surface area contributed by atoms with Crippen LogP contribution in [-0.2, 0) is 14.4 Å². The van der Waals surface area contributed by atoms with Gasteiger partial charge in [0, 0.05) is 0 Å². The quantitative estimate of drug-likeness (QED) is 0.0524. The Bertz CT molecular complexity index is 2030. The van der Waals surface area contributed by atoms with Crippen molar-refractivity contribution < 1.29 is 29.7 Å². The first-order valence-corrected chi connectivity index (χ1v) is 38.3. The van der Waals surface area contributed by atoms with Crippen LogP contribution in [0.4, 0.5) is 0 Å². The van der Waals surface area contributed by atoms with E-state index in [-0.39, 0.29) is 92.2 Å². The summed E-state index contributed by atoms with van der Waals surface area (Å²) in [5.41, 5.74) is -3.95. The predicted molar refractivity (Wildman–Crippen MR) is 376 cm³/mol. The lowest BCUT2D eigenvalue weighted by Gasteiger charge is -2.73. The molecule has 87 heavy (non-hydrogen) atoms. The van der Waals surface area contributed by atoms with E-state index in [1.165, 1.54) is 0 Å². The van der Waals surface area contributed by atoms with E-state index in [2.05, 4.69) is 192 Å². The maximum atomic E-state index is 15.6. The largest absolute Gasteiger partial charge is 0.481 e. The van der Waals surface area contributed by atoms with Gasteiger partial charge in [0.1, 0.15) is 0 Å². The van der Waals surface area contributed by atoms with E-state index in [0.717, 1.165) is 135 Å². The summed E-state index contributed by atoms with van der Waals surface area (Å²) < 4.78 is 0. The van der Waals surface area contributed by atoms with Gasteiger partial charge >= 0.3 is 17.9 Å². The Morgan fingerprint density at radius 3 is 0.977 bits per heavy atom. The number of allylic oxidation sites excluding steroid dienone is 2. The summed E-state index contributed by atoms with van der Waals surface area (Å²) in [5.74, 6) is -1.16. The number of carbonyl (C=O) groups is 3. The Morgan fingerprint density at radius 1 is 0.379 bits per heavy atom. The monoisotopic (exact) mass is 1220 g/mol. The number of carboxylic acids is 3. The van der Waals surface area contributed by atoms with Crippen molar-refractivity contribution in [1.82, 2.24) is 0 Å². The van der Waals surface area contributed by atoms with Gasteiger partial charge in [-0.25, -0.2) is 0 Å². The molecule has 2 aliphatic carbocycles. The zero-order valence-electron chi connectivity index (χ0n) is 63.1. The third-order valence-electron chi connectivity index (χ3n) is 30.5. The molecule has 0 saturated heterocycles. The molecule has 0 heterocycles. The van der Waals surface area contributed by atoms with Gasteiger partial charge in [0.2, 0.25) is 0 Å². The van der Waals surface area contributed by atoms with Crippen LogP contribution in [0.25, 0.3) is 0 Å². The number of hydrogen-bond acceptors (Lipinski definition) is 3. The van der Waals surface area contributed by atoms with Crippen molar-refractivity contribution in [3.05, 3.63) is 12.2 Å². The highest BCUT2D eigenvalue weighted by molar-refractivity contribution is 5.76. The number of unbranched alkanes of at least 4 members (excludes halogenated alkanes) is 1. The van der Waals surface area contributed by atoms with Crippen molar-refractivity contribution in [1.29, 1.82) is 0 Å². The Hall–Kier alpha value is -1.85. The normalized spacial score (nSPS) is 23.0. The molecule has 1 saturated carbocycles. The number of fused-ring (bicyclic) bond motifs is 1. The summed E-state index contributed by atoms with van der Waals surface area (Å²) in [6.45, 7) is 62.7. The second-order valence-electron chi connectivity index (χ2n) is 31.8. The van der Waals surface area contributed by atoms with E-state index in [9.17, 15) is 24.9 Å². The fourth-order valence-corrected chi connectivity index (χ4v) is 22.2. The van der Waals surface area contributed by atoms with E-state index >= 15 is 4.79 Å². The molecule has 10 unspecified atom stereocenters. The number of carboxylic acid groups (broad SMARTS) is 3. The average molecular weight is 1220 g/mol. The number of hydrogen-bond donors (Lipinski definition) is 3. The van der Waals surface area contributed by atoms with Crippen molar-refractivity contribution in [2.75, 3.05) is 0 Å². The summed E-state index contributed by atoms with van der Waals surface area (Å²) in [6.07, 6.45) is 31.5. The highest BCUT2D eigenvalue weighted by atomic mass is 16.4. The van der Waals surface area contributed by atoms with Crippen LogP contribution in [0.15, 0.2) is 12.2 Å². The van der Waals surface area contributed by atoms with Gasteiger partial charge in [-0.15, -0.1) is 0 Å². The smallest absolute Gasteiger partial charge is 0.309 e. The first-order valence-electron chi connectivity index (χ1n) is 38.3. The average Bonchev–Trinajstić information content (AvgIpc) is 0.688. The van der Waals surface area contributed by atoms with E-state index in [1.54, 1.807) is 0 Å². The molecule has 2 rings (SSSR count). The van der Waals surface area contributed by atoms with Gasteiger partial charge in [-0.3, -0.25) is 14.4 Å². The van der Waals surface area contributed by atoms with Gasteiger partial charge in [0.05, 0.1) is 16.2 Å². The SMILES string of the molecule is CCCCC(C1C(C(C(CC)CC)C(CC)(CC)C(=O)O)C(C(CC)(CC)CC(CC)(CC)C(=O)O)C2C(C(C(CC)(CC)CC(C)(CC)CC)C=CC2C(CC)(CC)CC(CC)(CC)C(=O)O)C1C(CC)(CC)CC(C)(CC)CC)C(C)(CC)CC. The molecule has 0 aromatic heterocycles. The zero-order chi connectivity index (χ0) is 67.0. The summed E-state index contributed by atoms with van der Waals surface area (Å²) >= 11 is 0. The Balaban J connectivity index is 4.47. The molecule has 2 aliphatic rings. The van der Waals surface area contributed by atoms with Crippen LogP contribution in [0, 0.1) is 119 Å². The highest BCUT2D eigenvalue weighted by Gasteiger charge is 2.72. The molecule has 0 aromatic carbocycles. The molecule has 1 fully saturated rings. The molecule has 0 bridgehead atoms. The molecule has 3 N–H and O–H groups in total. The van der Waals surface area contributed by atoms with Crippen molar-refractivity contribution >= 4 is 17.9 Å². The minimum absolute atomic E-state index is 0.0190. The Labute approximate surface area is 542 Å². The van der Waals surface area contributed by atoms with Gasteiger partial charge in [0.15, 0.2) is 0 Å². The van der Waals surface area contributed by atoms with E-state index < -0.39 is 45.0 Å². The summed E-state index contributed by atoms with van der Waals surface area (Å²) in [7, 11) is 0. The topological polar surface area (TPSA) is 112 Å². The van der Waals surface area contributed by atoms with Crippen molar-refractivity contribution in [2.24, 2.45) is 119 Å². The lowest BCUT2D eigenvalue weighted by molar-refractivity contribution is -0.243. The van der Waals surface area contributed by atoms with Crippen LogP contribution in [0.5, 0.6) is 0 Å². The van der Waals surface area contributed by atoms with E-state index in [0.29, 0.717) is 51.4 Å². The first kappa shape index (κ1) is 81.2. The van der Waals surface area contributed by atoms with Crippen LogP contribution in [0.2, 0.25) is 0 Å². The number of aliphatic carboxylic acids is 3. The standard InChI is InChI=1S/C81H152O6/c1-27-50-51-59(74(26,34-8)35-9)62-65(66(58(28-2)29-3)81(48-22,49-23)71(86)87)68(78(42-16,43-17)57-80(46-20,47-21)70(84)85)64-61(76(38-12,39-13)56-79(44-18,45-19)69(82)83)53-52-60(75(36-10,37-11)54-72(24,30-4)31-5)63(64)67(62)77(40-14,41-15)55-73(25,32-6)33-7/h52-53,58-68H,27-51,54-57H2,1-26H3,(H,82,83)(H,84,85)(H,86,87). The van der Waals surface area contributed by atoms with E-state index in [4.69, 9.17) is 0 Å². The molecular weight excluding hydrogens is 1070 g/mol. The molecule has 0 amide bonds. The molecule has 512 valence electrons. The third-order valence-corrected chi connectivity index (χ3v) is 30.5. The summed E-state index contributed by atoms with van der Waals surface area (Å²) in [6, 6.07) is 0. The summed E-state index contributed by atoms with van der Waals surface area (Å²) in [5, 5.41) is 36.7. The third kappa shape index (κ3) is 15.2. The molecule has 0 spiro atoms. The van der Waals surface area contributed by atoms with Crippen molar-refractivity contribution in [3.8, 4) is 0 Å². The Morgan fingerprint density at radius 2 is 0.701 bits per heavy atom. The molecule has 6 nitrogen and oxygen atoms in total. The molecular formula is C81H152O6. The highest BCUT2D eigenvalue weighted by Crippen LogP contribution is 2.77. The van der Waals surface area contributed by atoms with Crippen LogP contribution in [-0.4, -0.2) is 33.2 Å². The fourth-order valence-electron chi connectivity index (χ4n) is 22.2. The van der Waals surface area contributed by atoms with Gasteiger partial charge < -0.3 is 15.3 Å². The minimum atomic E-state index is -1.04. The van der Waals surface area contributed by atoms with Crippen LogP contribution in [0.3, 0.4) is 0 Å². The second kappa shape index (κ2) is 33.8. The lowest BCUT2D eigenvalue weighted by atomic mass is 9.31. The Kier molecular flexibility index (Phi) is 31.6. The molecule has 6 heteroatoms. The van der Waals surface area contributed by atoms with Gasteiger partial charge in [-0.2, -0.15) is 0 Å². The first-order chi connectivity index (χ1) is 40.9. The second-order valence-corrected chi connectivity index (χ2v) is 31.8. The predicted octanol–water partition coefficient (Wildman–Crippen LogP) is 25.3. The minimum Gasteiger partial charge on any atom is -0.481 e. The van der Waals surface area contributed by atoms with Crippen LogP contribution >= 0.6 is 0 Å². The molecule has 0 aromatic rings. The lowest BCUT2D eigenvalue weighted by Crippen LogP contribution is -2.68. The maximum absolute atomic E-state index is 15.6. The molecule has 10 atom stereocenters. The van der Waals surface area contributed by atoms with Gasteiger partial charge in [0.25, 0.3) is 0 Å². The molecule has 0 radical (unpaired) electrons. The fraction of sp³-hybridized carbons (Fsp3) is 0.938. The van der Waals surface area contributed by atoms with Crippen LogP contribution < -0.4 is 0 Å². The van der Waals surface area contributed by atoms with Crippen molar-refractivity contribution in [3.63, 3.8) is 0 Å². The number of rotatable bonds is 45. The van der Waals surface area contributed by atoms with E-state index in [1.807, 2.05) is 0 Å².